The average Bonchev–Trinajstić information content (AvgIpc) is 1.83. The number of aliphatic hydroxyl groups excluding tert-OH is 2. The van der Waals surface area contributed by atoms with Crippen LogP contribution < -0.4 is 0 Å². The second kappa shape index (κ2) is 4.53. The van der Waals surface area contributed by atoms with E-state index in [4.69, 9.17) is 10.2 Å². The molecule has 0 saturated heterocycles. The maximum Gasteiger partial charge on any atom is 0.0776 e. The van der Waals surface area contributed by atoms with Crippen LogP contribution in [0.1, 0.15) is 13.3 Å². The molecule has 0 spiro atoms. The van der Waals surface area contributed by atoms with E-state index in [1.165, 1.54) is 0 Å². The molecule has 0 aliphatic heterocycles. The van der Waals surface area contributed by atoms with E-state index in [0.29, 0.717) is 6.42 Å². The first-order valence-electron chi connectivity index (χ1n) is 2.94. The lowest BCUT2D eigenvalue weighted by molar-refractivity contribution is 0.0952. The summed E-state index contributed by atoms with van der Waals surface area (Å²) in [4.78, 5) is 0. The number of hydrogen-bond acceptors (Lipinski definition) is 2. The van der Waals surface area contributed by atoms with Crippen molar-refractivity contribution in [3.05, 3.63) is 18.6 Å². The summed E-state index contributed by atoms with van der Waals surface area (Å²) < 4.78 is 0. The first-order valence-corrected chi connectivity index (χ1v) is 2.94. The quantitative estimate of drug-likeness (QED) is 0.580. The smallest absolute Gasteiger partial charge is 0.0776 e. The Morgan fingerprint density at radius 2 is 2.33 bits per heavy atom. The van der Waals surface area contributed by atoms with Crippen LogP contribution in [0.25, 0.3) is 0 Å². The molecule has 0 aromatic heterocycles. The second-order valence-electron chi connectivity index (χ2n) is 2.12. The molecular formula is C7H13O2. The van der Waals surface area contributed by atoms with Crippen molar-refractivity contribution >= 4 is 0 Å². The van der Waals surface area contributed by atoms with Crippen molar-refractivity contribution in [3.63, 3.8) is 0 Å². The summed E-state index contributed by atoms with van der Waals surface area (Å²) in [6, 6.07) is 0. The largest absolute Gasteiger partial charge is 0.394 e. The van der Waals surface area contributed by atoms with Gasteiger partial charge in [0.15, 0.2) is 0 Å². The zero-order valence-electron chi connectivity index (χ0n) is 5.67. The van der Waals surface area contributed by atoms with Crippen LogP contribution in [-0.2, 0) is 0 Å². The van der Waals surface area contributed by atoms with E-state index in [-0.39, 0.29) is 6.61 Å². The van der Waals surface area contributed by atoms with E-state index >= 15 is 0 Å². The van der Waals surface area contributed by atoms with Crippen LogP contribution in [0.3, 0.4) is 0 Å². The van der Waals surface area contributed by atoms with Crippen molar-refractivity contribution in [2.75, 3.05) is 6.61 Å². The molecule has 0 saturated carbocycles. The Bertz CT molecular complexity index is 88.9. The van der Waals surface area contributed by atoms with Gasteiger partial charge in [0.25, 0.3) is 0 Å². The van der Waals surface area contributed by atoms with Gasteiger partial charge < -0.3 is 10.2 Å². The molecule has 0 bridgehead atoms. The van der Waals surface area contributed by atoms with Gasteiger partial charge in [-0.25, -0.2) is 0 Å². The molecule has 2 heteroatoms. The Balaban J connectivity index is 3.16. The first-order chi connectivity index (χ1) is 4.16. The highest BCUT2D eigenvalue weighted by Gasteiger charge is 1.99. The first kappa shape index (κ1) is 8.66. The Kier molecular flexibility index (Phi) is 4.36. The summed E-state index contributed by atoms with van der Waals surface area (Å²) in [6.45, 7) is 5.29. The lowest BCUT2D eigenvalue weighted by atomic mass is 10.1. The normalized spacial score (nSPS) is 13.2. The minimum absolute atomic E-state index is 0.177. The third-order valence-corrected chi connectivity index (χ3v) is 0.949. The van der Waals surface area contributed by atoms with Crippen LogP contribution in [0, 0.1) is 6.42 Å². The lowest BCUT2D eigenvalue weighted by Gasteiger charge is -2.04. The molecule has 0 aromatic carbocycles. The Morgan fingerprint density at radius 1 is 1.78 bits per heavy atom. The van der Waals surface area contributed by atoms with Gasteiger partial charge in [-0.15, -0.1) is 0 Å². The van der Waals surface area contributed by atoms with Crippen molar-refractivity contribution in [2.45, 2.75) is 19.4 Å². The molecule has 2 nitrogen and oxygen atoms in total. The molecule has 53 valence electrons. The molecule has 0 rings (SSSR count). The topological polar surface area (TPSA) is 40.5 Å². The van der Waals surface area contributed by atoms with Crippen molar-refractivity contribution < 1.29 is 10.2 Å². The van der Waals surface area contributed by atoms with Crippen LogP contribution in [0.4, 0.5) is 0 Å². The number of rotatable bonds is 4. The molecule has 9 heavy (non-hydrogen) atoms. The van der Waals surface area contributed by atoms with Gasteiger partial charge in [-0.2, -0.15) is 0 Å². The van der Waals surface area contributed by atoms with E-state index in [2.05, 4.69) is 6.58 Å². The Hall–Kier alpha value is -0.340. The van der Waals surface area contributed by atoms with Gasteiger partial charge in [0, 0.05) is 0 Å². The van der Waals surface area contributed by atoms with Crippen LogP contribution in [-0.4, -0.2) is 22.9 Å². The molecule has 0 aromatic rings. The number of hydrogen-bond donors (Lipinski definition) is 2. The molecule has 0 heterocycles. The zero-order chi connectivity index (χ0) is 7.28. The van der Waals surface area contributed by atoms with Gasteiger partial charge in [0.2, 0.25) is 0 Å². The highest BCUT2D eigenvalue weighted by molar-refractivity contribution is 5.03. The summed E-state index contributed by atoms with van der Waals surface area (Å²) in [5, 5.41) is 17.1. The van der Waals surface area contributed by atoms with E-state index in [9.17, 15) is 0 Å². The van der Waals surface area contributed by atoms with Gasteiger partial charge in [-0.3, -0.25) is 0 Å². The van der Waals surface area contributed by atoms with E-state index in [1.54, 1.807) is 6.42 Å². The third-order valence-electron chi connectivity index (χ3n) is 0.949. The van der Waals surface area contributed by atoms with Crippen LogP contribution in [0.5, 0.6) is 0 Å². The minimum Gasteiger partial charge on any atom is -0.394 e. The number of allylic oxidation sites excluding steroid dienone is 1. The molecule has 0 unspecified atom stereocenters. The lowest BCUT2D eigenvalue weighted by Crippen LogP contribution is -2.11. The summed E-state index contributed by atoms with van der Waals surface area (Å²) in [5.41, 5.74) is 0.919. The molecule has 0 fully saturated rings. The molecule has 0 amide bonds. The minimum atomic E-state index is -0.623. The molecule has 2 N–H and O–H groups in total. The maximum atomic E-state index is 8.78. The van der Waals surface area contributed by atoms with Gasteiger partial charge in [0.05, 0.1) is 12.7 Å². The van der Waals surface area contributed by atoms with Crippen molar-refractivity contribution in [2.24, 2.45) is 0 Å². The van der Waals surface area contributed by atoms with Gasteiger partial charge in [0.1, 0.15) is 0 Å². The number of aliphatic hydroxyl groups is 2. The summed E-state index contributed by atoms with van der Waals surface area (Å²) >= 11 is 0. The summed E-state index contributed by atoms with van der Waals surface area (Å²) in [7, 11) is 0. The van der Waals surface area contributed by atoms with E-state index in [1.807, 2.05) is 6.92 Å². The predicted molar refractivity (Wildman–Crippen MR) is 36.8 cm³/mol. The van der Waals surface area contributed by atoms with Gasteiger partial charge in [-0.1, -0.05) is 12.2 Å². The molecule has 0 aliphatic carbocycles. The van der Waals surface area contributed by atoms with Crippen LogP contribution in [0.15, 0.2) is 12.2 Å². The predicted octanol–water partition coefficient (Wildman–Crippen LogP) is 0.510. The van der Waals surface area contributed by atoms with E-state index in [0.717, 1.165) is 5.57 Å². The standard InChI is InChI=1S/C7H13O2/c1-6(2)3-4-7(9)5-8/h3,7-9H,1,4-5H2,2H3/t7-/m1/s1. The third kappa shape index (κ3) is 5.53. The fourth-order valence-electron chi connectivity index (χ4n) is 0.412. The highest BCUT2D eigenvalue weighted by Crippen LogP contribution is 2.01. The Labute approximate surface area is 55.8 Å². The highest BCUT2D eigenvalue weighted by atomic mass is 16.3. The van der Waals surface area contributed by atoms with Crippen molar-refractivity contribution in [1.82, 2.24) is 0 Å². The van der Waals surface area contributed by atoms with Crippen LogP contribution >= 0.6 is 0 Å². The van der Waals surface area contributed by atoms with Gasteiger partial charge >= 0.3 is 0 Å². The zero-order valence-corrected chi connectivity index (χ0v) is 5.67. The fraction of sp³-hybridized carbons (Fsp3) is 0.571. The molecular weight excluding hydrogens is 116 g/mol. The summed E-state index contributed by atoms with van der Waals surface area (Å²) in [5.74, 6) is 0. The Morgan fingerprint density at radius 3 is 2.67 bits per heavy atom. The molecule has 1 atom stereocenters. The van der Waals surface area contributed by atoms with Crippen molar-refractivity contribution in [1.29, 1.82) is 0 Å². The average molecular weight is 129 g/mol. The van der Waals surface area contributed by atoms with Crippen LogP contribution in [0.2, 0.25) is 0 Å². The molecule has 0 aliphatic rings. The van der Waals surface area contributed by atoms with Gasteiger partial charge in [-0.05, 0) is 19.8 Å². The second-order valence-corrected chi connectivity index (χ2v) is 2.12. The SMILES string of the molecule is C=C(C)[CH]C[C@@H](O)CO. The van der Waals surface area contributed by atoms with Crippen molar-refractivity contribution in [3.8, 4) is 0 Å². The summed E-state index contributed by atoms with van der Waals surface area (Å²) in [6.07, 6.45) is 1.66. The monoisotopic (exact) mass is 129 g/mol. The maximum absolute atomic E-state index is 8.78. The fourth-order valence-corrected chi connectivity index (χ4v) is 0.412. The molecule has 1 radical (unpaired) electrons. The van der Waals surface area contributed by atoms with E-state index < -0.39 is 6.10 Å².